The Labute approximate surface area is 314 Å². The fourth-order valence-electron chi connectivity index (χ4n) is 12.3. The van der Waals surface area contributed by atoms with Crippen molar-refractivity contribution in [2.75, 3.05) is 13.1 Å². The SMILES string of the molecule is C=C(C)C1CCC2(CNCCc3ccc(S(N)(=O)=O)cc3)CCC3(C)C(CCCC3(C)CCC3C(C)CC=C(c4ccc(C(=O)O)cc4)C3(C)C)C12. The number of aromatic carboxylic acids is 1. The first-order chi connectivity index (χ1) is 24.4. The summed E-state index contributed by atoms with van der Waals surface area (Å²) < 4.78 is 23.4. The molecular weight excluding hydrogens is 665 g/mol. The molecule has 0 aromatic heterocycles. The molecule has 0 radical (unpaired) electrons. The maximum Gasteiger partial charge on any atom is 0.335 e. The highest BCUT2D eigenvalue weighted by molar-refractivity contribution is 7.89. The molecular formula is C45H64N2O4S. The van der Waals surface area contributed by atoms with Crippen LogP contribution in [0.25, 0.3) is 5.57 Å². The second-order valence-corrected chi connectivity index (χ2v) is 20.1. The van der Waals surface area contributed by atoms with Crippen LogP contribution in [0.4, 0.5) is 0 Å². The third-order valence-electron chi connectivity index (χ3n) is 15.5. The molecule has 52 heavy (non-hydrogen) atoms. The molecule has 0 heterocycles. The molecule has 6 nitrogen and oxygen atoms in total. The summed E-state index contributed by atoms with van der Waals surface area (Å²) in [5, 5.41) is 18.7. The molecule has 3 fully saturated rings. The van der Waals surface area contributed by atoms with E-state index in [0.717, 1.165) is 37.1 Å². The highest BCUT2D eigenvalue weighted by atomic mass is 32.2. The van der Waals surface area contributed by atoms with Gasteiger partial charge in [0.25, 0.3) is 0 Å². The number of benzene rings is 2. The van der Waals surface area contributed by atoms with Crippen LogP contribution >= 0.6 is 0 Å². The second-order valence-electron chi connectivity index (χ2n) is 18.6. The summed E-state index contributed by atoms with van der Waals surface area (Å²) in [7, 11) is -3.68. The van der Waals surface area contributed by atoms with Crippen LogP contribution in [0, 0.1) is 51.2 Å². The van der Waals surface area contributed by atoms with Crippen LogP contribution in [0.2, 0.25) is 0 Å². The lowest BCUT2D eigenvalue weighted by atomic mass is 9.41. The first kappa shape index (κ1) is 39.0. The lowest BCUT2D eigenvalue weighted by Crippen LogP contribution is -2.58. The Hall–Kier alpha value is -2.74. The van der Waals surface area contributed by atoms with Crippen LogP contribution in [-0.2, 0) is 16.4 Å². The molecule has 0 amide bonds. The molecule has 2 aromatic rings. The van der Waals surface area contributed by atoms with E-state index in [1.165, 1.54) is 68.9 Å². The quantitative estimate of drug-likeness (QED) is 0.149. The van der Waals surface area contributed by atoms with Gasteiger partial charge in [-0.2, -0.15) is 0 Å². The number of nitrogens with two attached hydrogens (primary N) is 1. The summed E-state index contributed by atoms with van der Waals surface area (Å²) in [4.78, 5) is 11.7. The lowest BCUT2D eigenvalue weighted by Gasteiger charge is -2.64. The Morgan fingerprint density at radius 1 is 0.981 bits per heavy atom. The normalized spacial score (nSPS) is 34.2. The van der Waals surface area contributed by atoms with Gasteiger partial charge >= 0.3 is 5.97 Å². The van der Waals surface area contributed by atoms with Crippen LogP contribution < -0.4 is 10.5 Å². The molecule has 0 aliphatic heterocycles. The van der Waals surface area contributed by atoms with Crippen LogP contribution in [0.3, 0.4) is 0 Å². The Morgan fingerprint density at radius 3 is 2.31 bits per heavy atom. The Morgan fingerprint density at radius 2 is 1.67 bits per heavy atom. The van der Waals surface area contributed by atoms with E-state index in [-0.39, 0.29) is 21.1 Å². The molecule has 4 aliphatic carbocycles. The van der Waals surface area contributed by atoms with Crippen molar-refractivity contribution in [2.24, 2.45) is 56.4 Å². The molecule has 7 heteroatoms. The zero-order valence-corrected chi connectivity index (χ0v) is 33.5. The number of carboxylic acids is 1. The summed E-state index contributed by atoms with van der Waals surface area (Å²) in [5.41, 5.74) is 6.22. The minimum Gasteiger partial charge on any atom is -0.478 e. The molecule has 0 bridgehead atoms. The van der Waals surface area contributed by atoms with Crippen molar-refractivity contribution in [3.8, 4) is 0 Å². The van der Waals surface area contributed by atoms with Gasteiger partial charge in [-0.1, -0.05) is 83.5 Å². The van der Waals surface area contributed by atoms with Gasteiger partial charge < -0.3 is 10.4 Å². The predicted octanol–water partition coefficient (Wildman–Crippen LogP) is 9.91. The minimum atomic E-state index is -3.68. The molecule has 0 saturated heterocycles. The zero-order chi connectivity index (χ0) is 37.7. The molecule has 8 atom stereocenters. The van der Waals surface area contributed by atoms with Crippen LogP contribution in [0.5, 0.6) is 0 Å². The van der Waals surface area contributed by atoms with Crippen LogP contribution in [-0.4, -0.2) is 32.6 Å². The standard InChI is InChI=1S/C45H64N2O4S/c1-30(2)36-20-25-45(29-47-28-22-32-11-17-35(18-12-32)52(46,50)51)27-26-44(7)39(40(36)45)9-8-23-43(44,6)24-21-37-31(3)10-19-38(42(37,4)5)33-13-15-34(16-14-33)41(48)49/h11-19,31,36-37,39-40,47H,1,8-10,20-29H2,2-7H3,(H,48,49)(H2,46,50,51). The van der Waals surface area contributed by atoms with Crippen molar-refractivity contribution in [2.45, 2.75) is 117 Å². The third-order valence-corrected chi connectivity index (χ3v) is 16.4. The average molecular weight is 729 g/mol. The summed E-state index contributed by atoms with van der Waals surface area (Å²) in [5.74, 6) is 2.21. The van der Waals surface area contributed by atoms with E-state index in [4.69, 9.17) is 5.14 Å². The van der Waals surface area contributed by atoms with Crippen molar-refractivity contribution in [3.05, 3.63) is 83.4 Å². The molecule has 2 aromatic carbocycles. The number of nitrogens with one attached hydrogen (secondary N) is 1. The summed E-state index contributed by atoms with van der Waals surface area (Å²) in [6.45, 7) is 21.4. The molecule has 4 aliphatic rings. The van der Waals surface area contributed by atoms with E-state index in [1.807, 2.05) is 24.3 Å². The van der Waals surface area contributed by atoms with Gasteiger partial charge in [-0.3, -0.25) is 0 Å². The first-order valence-electron chi connectivity index (χ1n) is 19.9. The number of allylic oxidation sites excluding steroid dienone is 3. The van der Waals surface area contributed by atoms with E-state index >= 15 is 0 Å². The van der Waals surface area contributed by atoms with Gasteiger partial charge in [0.1, 0.15) is 0 Å². The zero-order valence-electron chi connectivity index (χ0n) is 32.6. The maximum absolute atomic E-state index is 11.7. The maximum atomic E-state index is 11.7. The van der Waals surface area contributed by atoms with Crippen molar-refractivity contribution in [1.82, 2.24) is 5.32 Å². The van der Waals surface area contributed by atoms with Gasteiger partial charge in [0.05, 0.1) is 10.5 Å². The van der Waals surface area contributed by atoms with Crippen LogP contribution in [0.1, 0.15) is 127 Å². The largest absolute Gasteiger partial charge is 0.478 e. The molecule has 3 saturated carbocycles. The summed E-state index contributed by atoms with van der Waals surface area (Å²) in [6, 6.07) is 14.5. The van der Waals surface area contributed by atoms with Gasteiger partial charge in [-0.15, -0.1) is 0 Å². The van der Waals surface area contributed by atoms with Gasteiger partial charge in [-0.05, 0) is 170 Å². The third kappa shape index (κ3) is 7.11. The van der Waals surface area contributed by atoms with Gasteiger partial charge in [0.15, 0.2) is 0 Å². The number of rotatable bonds is 12. The molecule has 4 N–H and O–H groups in total. The molecule has 0 spiro atoms. The Balaban J connectivity index is 1.17. The van der Waals surface area contributed by atoms with Gasteiger partial charge in [0.2, 0.25) is 10.0 Å². The highest BCUT2D eigenvalue weighted by Gasteiger charge is 2.63. The van der Waals surface area contributed by atoms with Crippen molar-refractivity contribution in [3.63, 3.8) is 0 Å². The Bertz CT molecular complexity index is 1780. The summed E-state index contributed by atoms with van der Waals surface area (Å²) >= 11 is 0. The average Bonchev–Trinajstić information content (AvgIpc) is 3.47. The van der Waals surface area contributed by atoms with Gasteiger partial charge in [-0.25, -0.2) is 18.4 Å². The fourth-order valence-corrected chi connectivity index (χ4v) is 12.8. The smallest absolute Gasteiger partial charge is 0.335 e. The number of hydrogen-bond donors (Lipinski definition) is 3. The van der Waals surface area contributed by atoms with E-state index in [0.29, 0.717) is 40.6 Å². The number of hydrogen-bond acceptors (Lipinski definition) is 4. The molecule has 6 rings (SSSR count). The highest BCUT2D eigenvalue weighted by Crippen LogP contribution is 2.71. The lowest BCUT2D eigenvalue weighted by molar-refractivity contribution is -0.143. The van der Waals surface area contributed by atoms with E-state index in [2.05, 4.69) is 59.5 Å². The molecule has 8 unspecified atom stereocenters. The van der Waals surface area contributed by atoms with Crippen LogP contribution in [0.15, 0.2) is 71.7 Å². The first-order valence-corrected chi connectivity index (χ1v) is 21.5. The topological polar surface area (TPSA) is 109 Å². The second kappa shape index (κ2) is 14.5. The van der Waals surface area contributed by atoms with Crippen molar-refractivity contribution < 1.29 is 18.3 Å². The predicted molar refractivity (Wildman–Crippen MR) is 212 cm³/mol. The van der Waals surface area contributed by atoms with Crippen molar-refractivity contribution >= 4 is 21.6 Å². The van der Waals surface area contributed by atoms with E-state index in [9.17, 15) is 18.3 Å². The fraction of sp³-hybridized carbons (Fsp3) is 0.622. The number of primary sulfonamides is 1. The Kier molecular flexibility index (Phi) is 10.9. The van der Waals surface area contributed by atoms with E-state index in [1.54, 1.807) is 24.3 Å². The summed E-state index contributed by atoms with van der Waals surface area (Å²) in [6.07, 6.45) is 15.8. The number of sulfonamides is 1. The minimum absolute atomic E-state index is 0.00177. The van der Waals surface area contributed by atoms with Gasteiger partial charge in [0, 0.05) is 6.54 Å². The number of fused-ring (bicyclic) bond motifs is 3. The monoisotopic (exact) mass is 728 g/mol. The number of carboxylic acid groups (broad SMARTS) is 1. The van der Waals surface area contributed by atoms with Crippen molar-refractivity contribution in [1.29, 1.82) is 0 Å². The molecule has 284 valence electrons. The number of carbonyl (C=O) groups is 1. The van der Waals surface area contributed by atoms with E-state index < -0.39 is 16.0 Å².